The SMILES string of the molecule is CC(C)(C)OC(=O)N1CCc2sc(C(=O)Nc3nc(C(C)(C)C)cs3)cc2C1. The summed E-state index contributed by atoms with van der Waals surface area (Å²) in [5.74, 6) is -0.155. The third-order valence-electron chi connectivity index (χ3n) is 4.24. The number of thiophene rings is 1. The van der Waals surface area contributed by atoms with Crippen LogP contribution in [0.4, 0.5) is 9.93 Å². The zero-order valence-corrected chi connectivity index (χ0v) is 18.8. The fraction of sp³-hybridized carbons (Fsp3) is 0.550. The molecule has 0 bridgehead atoms. The van der Waals surface area contributed by atoms with E-state index in [0.29, 0.717) is 23.1 Å². The Labute approximate surface area is 173 Å². The Morgan fingerprint density at radius 1 is 1.21 bits per heavy atom. The number of carbonyl (C=O) groups is 2. The van der Waals surface area contributed by atoms with Crippen LogP contribution in [0.25, 0.3) is 0 Å². The molecule has 0 radical (unpaired) electrons. The Kier molecular flexibility index (Phi) is 5.55. The second-order valence-corrected chi connectivity index (χ2v) is 10.9. The predicted octanol–water partition coefficient (Wildman–Crippen LogP) is 5.05. The van der Waals surface area contributed by atoms with E-state index in [-0.39, 0.29) is 17.4 Å². The smallest absolute Gasteiger partial charge is 0.410 e. The van der Waals surface area contributed by atoms with Gasteiger partial charge in [-0.2, -0.15) is 0 Å². The van der Waals surface area contributed by atoms with Gasteiger partial charge in [0.05, 0.1) is 17.1 Å². The number of rotatable bonds is 2. The first-order chi connectivity index (χ1) is 12.9. The number of thiazole rings is 1. The van der Waals surface area contributed by atoms with E-state index in [9.17, 15) is 9.59 Å². The van der Waals surface area contributed by atoms with Gasteiger partial charge in [-0.25, -0.2) is 9.78 Å². The molecule has 0 aromatic carbocycles. The number of anilines is 1. The van der Waals surface area contributed by atoms with Crippen LogP contribution in [0.3, 0.4) is 0 Å². The number of nitrogens with one attached hydrogen (secondary N) is 1. The molecule has 0 spiro atoms. The molecule has 8 heteroatoms. The molecule has 0 atom stereocenters. The molecule has 6 nitrogen and oxygen atoms in total. The number of hydrogen-bond acceptors (Lipinski definition) is 6. The van der Waals surface area contributed by atoms with Gasteiger partial charge in [-0.1, -0.05) is 20.8 Å². The van der Waals surface area contributed by atoms with Gasteiger partial charge in [0.15, 0.2) is 5.13 Å². The molecular weight excluding hydrogens is 394 g/mol. The lowest BCUT2D eigenvalue weighted by Gasteiger charge is -2.29. The van der Waals surface area contributed by atoms with E-state index in [1.54, 1.807) is 4.90 Å². The van der Waals surface area contributed by atoms with Crippen molar-refractivity contribution in [2.24, 2.45) is 0 Å². The van der Waals surface area contributed by atoms with Gasteiger partial charge in [-0.3, -0.25) is 10.1 Å². The van der Waals surface area contributed by atoms with Crippen LogP contribution < -0.4 is 5.32 Å². The third-order valence-corrected chi connectivity index (χ3v) is 6.23. The molecule has 3 heterocycles. The normalized spacial score (nSPS) is 14.6. The topological polar surface area (TPSA) is 71.5 Å². The number of ether oxygens (including phenoxy) is 1. The van der Waals surface area contributed by atoms with Gasteiger partial charge >= 0.3 is 6.09 Å². The lowest BCUT2D eigenvalue weighted by Crippen LogP contribution is -2.39. The van der Waals surface area contributed by atoms with Crippen molar-refractivity contribution in [3.8, 4) is 0 Å². The molecule has 1 aliphatic rings. The quantitative estimate of drug-likeness (QED) is 0.737. The van der Waals surface area contributed by atoms with Crippen molar-refractivity contribution in [2.75, 3.05) is 11.9 Å². The van der Waals surface area contributed by atoms with Crippen LogP contribution in [-0.4, -0.2) is 34.0 Å². The molecule has 0 saturated heterocycles. The summed E-state index contributed by atoms with van der Waals surface area (Å²) in [5, 5.41) is 5.49. The first kappa shape index (κ1) is 20.8. The minimum absolute atomic E-state index is 0.0490. The summed E-state index contributed by atoms with van der Waals surface area (Å²) in [6.07, 6.45) is 0.422. The lowest BCUT2D eigenvalue weighted by molar-refractivity contribution is 0.0225. The molecule has 2 aromatic rings. The van der Waals surface area contributed by atoms with Crippen LogP contribution in [0.15, 0.2) is 11.4 Å². The van der Waals surface area contributed by atoms with Crippen LogP contribution in [0.2, 0.25) is 0 Å². The highest BCUT2D eigenvalue weighted by Crippen LogP contribution is 2.31. The van der Waals surface area contributed by atoms with Crippen molar-refractivity contribution >= 4 is 39.8 Å². The van der Waals surface area contributed by atoms with Gasteiger partial charge in [0.2, 0.25) is 0 Å². The molecule has 152 valence electrons. The molecule has 0 fully saturated rings. The molecule has 0 saturated carbocycles. The van der Waals surface area contributed by atoms with Crippen molar-refractivity contribution in [3.63, 3.8) is 0 Å². The summed E-state index contributed by atoms with van der Waals surface area (Å²) in [6, 6.07) is 1.88. The Hall–Kier alpha value is -1.93. The molecule has 28 heavy (non-hydrogen) atoms. The van der Waals surface area contributed by atoms with Crippen molar-refractivity contribution in [1.82, 2.24) is 9.88 Å². The van der Waals surface area contributed by atoms with Gasteiger partial charge < -0.3 is 9.64 Å². The summed E-state index contributed by atoms with van der Waals surface area (Å²) in [5.41, 5.74) is 1.41. The van der Waals surface area contributed by atoms with E-state index in [1.807, 2.05) is 32.2 Å². The Morgan fingerprint density at radius 2 is 1.93 bits per heavy atom. The second-order valence-electron chi connectivity index (χ2n) is 8.95. The van der Waals surface area contributed by atoms with Gasteiger partial charge in [0, 0.05) is 22.2 Å². The molecular formula is C20H27N3O3S2. The number of nitrogens with zero attached hydrogens (tertiary/aromatic N) is 2. The van der Waals surface area contributed by atoms with Gasteiger partial charge in [0.1, 0.15) is 5.60 Å². The van der Waals surface area contributed by atoms with Crippen LogP contribution >= 0.6 is 22.7 Å². The van der Waals surface area contributed by atoms with Crippen LogP contribution in [-0.2, 0) is 23.1 Å². The van der Waals surface area contributed by atoms with Crippen LogP contribution in [0.1, 0.15) is 67.3 Å². The minimum atomic E-state index is -0.517. The summed E-state index contributed by atoms with van der Waals surface area (Å²) in [7, 11) is 0. The van der Waals surface area contributed by atoms with Crippen molar-refractivity contribution in [1.29, 1.82) is 0 Å². The number of fused-ring (bicyclic) bond motifs is 1. The maximum atomic E-state index is 12.7. The second kappa shape index (κ2) is 7.48. The van der Waals surface area contributed by atoms with E-state index < -0.39 is 5.60 Å². The Balaban J connectivity index is 1.67. The molecule has 0 unspecified atom stereocenters. The van der Waals surface area contributed by atoms with Gasteiger partial charge in [0.25, 0.3) is 5.91 Å². The van der Waals surface area contributed by atoms with Crippen LogP contribution in [0.5, 0.6) is 0 Å². The van der Waals surface area contributed by atoms with Gasteiger partial charge in [-0.15, -0.1) is 22.7 Å². The standard InChI is InChI=1S/C20H27N3O3S2/c1-19(2,3)15-11-27-17(21-15)22-16(24)14-9-12-10-23(8-7-13(12)28-14)18(25)26-20(4,5)6/h9,11H,7-8,10H2,1-6H3,(H,21,22,24). The highest BCUT2D eigenvalue weighted by atomic mass is 32.1. The third kappa shape index (κ3) is 4.91. The average Bonchev–Trinajstić information content (AvgIpc) is 3.18. The Bertz CT molecular complexity index is 887. The zero-order chi connectivity index (χ0) is 20.7. The first-order valence-electron chi connectivity index (χ1n) is 9.29. The van der Waals surface area contributed by atoms with Crippen LogP contribution in [0, 0.1) is 0 Å². The maximum Gasteiger partial charge on any atom is 0.410 e. The average molecular weight is 422 g/mol. The van der Waals surface area contributed by atoms with E-state index in [4.69, 9.17) is 4.74 Å². The molecule has 1 N–H and O–H groups in total. The lowest BCUT2D eigenvalue weighted by atomic mass is 9.93. The predicted molar refractivity (Wildman–Crippen MR) is 113 cm³/mol. The van der Waals surface area contributed by atoms with E-state index in [0.717, 1.165) is 22.6 Å². The molecule has 2 aromatic heterocycles. The molecule has 2 amide bonds. The molecule has 3 rings (SSSR count). The number of amides is 2. The van der Waals surface area contributed by atoms with E-state index in [2.05, 4.69) is 31.1 Å². The minimum Gasteiger partial charge on any atom is -0.444 e. The summed E-state index contributed by atoms with van der Waals surface area (Å²) < 4.78 is 5.46. The van der Waals surface area contributed by atoms with Crippen molar-refractivity contribution in [2.45, 2.75) is 65.5 Å². The first-order valence-corrected chi connectivity index (χ1v) is 11.0. The number of aromatic nitrogens is 1. The fourth-order valence-corrected chi connectivity index (χ4v) is 4.75. The van der Waals surface area contributed by atoms with Gasteiger partial charge in [-0.05, 0) is 38.8 Å². The summed E-state index contributed by atoms with van der Waals surface area (Å²) in [6.45, 7) is 12.9. The molecule has 0 aliphatic carbocycles. The van der Waals surface area contributed by atoms with Crippen molar-refractivity contribution < 1.29 is 14.3 Å². The number of hydrogen-bond donors (Lipinski definition) is 1. The summed E-state index contributed by atoms with van der Waals surface area (Å²) >= 11 is 2.92. The monoisotopic (exact) mass is 421 g/mol. The Morgan fingerprint density at radius 3 is 2.54 bits per heavy atom. The van der Waals surface area contributed by atoms with E-state index in [1.165, 1.54) is 22.7 Å². The fourth-order valence-electron chi connectivity index (χ4n) is 2.76. The maximum absolute atomic E-state index is 12.7. The van der Waals surface area contributed by atoms with E-state index >= 15 is 0 Å². The highest BCUT2D eigenvalue weighted by Gasteiger charge is 2.28. The zero-order valence-electron chi connectivity index (χ0n) is 17.2. The van der Waals surface area contributed by atoms with Crippen molar-refractivity contribution in [3.05, 3.63) is 32.5 Å². The largest absolute Gasteiger partial charge is 0.444 e. The summed E-state index contributed by atoms with van der Waals surface area (Å²) in [4.78, 5) is 33.0. The molecule has 1 aliphatic heterocycles. The highest BCUT2D eigenvalue weighted by molar-refractivity contribution is 7.15. The number of carbonyl (C=O) groups excluding carboxylic acids is 2.